The molecular weight excluding hydrogens is 321 g/mol. The molecule has 86 valence electrons. The highest BCUT2D eigenvalue weighted by atomic mass is 127. The van der Waals surface area contributed by atoms with Gasteiger partial charge in [-0.25, -0.2) is 0 Å². The molecule has 1 aromatic rings. The number of halogens is 1. The molecule has 0 spiro atoms. The number of carbonyl (C=O) groups is 2. The maximum absolute atomic E-state index is 11.4. The molecule has 0 aromatic heterocycles. The molecule has 0 saturated carbocycles. The number of benzene rings is 1. The predicted molar refractivity (Wildman–Crippen MR) is 68.1 cm³/mol. The van der Waals surface area contributed by atoms with E-state index in [9.17, 15) is 9.59 Å². The monoisotopic (exact) mass is 333 g/mol. The maximum Gasteiger partial charge on any atom is 0.305 e. The van der Waals surface area contributed by atoms with E-state index in [4.69, 9.17) is 5.11 Å². The van der Waals surface area contributed by atoms with Crippen LogP contribution in [0, 0.1) is 3.57 Å². The van der Waals surface area contributed by atoms with Gasteiger partial charge in [0.1, 0.15) is 0 Å². The Bertz CT molecular complexity index is 375. The van der Waals surface area contributed by atoms with Crippen molar-refractivity contribution in [3.8, 4) is 0 Å². The summed E-state index contributed by atoms with van der Waals surface area (Å²) in [4.78, 5) is 21.6. The number of nitrogens with one attached hydrogen (secondary N) is 1. The second-order valence-corrected chi connectivity index (χ2v) is 4.54. The normalized spacial score (nSPS) is 9.81. The number of hydrogen-bond acceptors (Lipinski definition) is 2. The van der Waals surface area contributed by atoms with Crippen molar-refractivity contribution in [2.24, 2.45) is 0 Å². The van der Waals surface area contributed by atoms with Crippen LogP contribution in [0.1, 0.15) is 12.0 Å². The fourth-order valence-corrected chi connectivity index (χ4v) is 1.52. The topological polar surface area (TPSA) is 66.4 Å². The van der Waals surface area contributed by atoms with Gasteiger partial charge in [-0.05, 0) is 40.3 Å². The summed E-state index contributed by atoms with van der Waals surface area (Å²) in [5.74, 6) is -1.06. The predicted octanol–water partition coefficient (Wildman–Crippen LogP) is 1.42. The lowest BCUT2D eigenvalue weighted by atomic mass is 10.1. The molecule has 0 heterocycles. The zero-order valence-electron chi connectivity index (χ0n) is 8.57. The molecule has 2 N–H and O–H groups in total. The van der Waals surface area contributed by atoms with Gasteiger partial charge in [-0.3, -0.25) is 9.59 Å². The summed E-state index contributed by atoms with van der Waals surface area (Å²) in [6, 6.07) is 7.64. The van der Waals surface area contributed by atoms with Gasteiger partial charge in [0.05, 0.1) is 12.8 Å². The van der Waals surface area contributed by atoms with E-state index in [-0.39, 0.29) is 25.3 Å². The Hall–Kier alpha value is -1.11. The van der Waals surface area contributed by atoms with Crippen molar-refractivity contribution in [2.75, 3.05) is 6.54 Å². The van der Waals surface area contributed by atoms with Gasteiger partial charge in [0.15, 0.2) is 0 Å². The molecule has 0 atom stereocenters. The molecule has 0 saturated heterocycles. The second kappa shape index (κ2) is 6.47. The van der Waals surface area contributed by atoms with Crippen LogP contribution in [0.5, 0.6) is 0 Å². The van der Waals surface area contributed by atoms with Crippen LogP contribution in [0.25, 0.3) is 0 Å². The molecule has 0 radical (unpaired) electrons. The van der Waals surface area contributed by atoms with Crippen molar-refractivity contribution in [1.82, 2.24) is 5.32 Å². The zero-order valence-corrected chi connectivity index (χ0v) is 10.7. The van der Waals surface area contributed by atoms with Gasteiger partial charge in [-0.15, -0.1) is 0 Å². The molecule has 0 bridgehead atoms. The Kier molecular flexibility index (Phi) is 5.24. The first-order valence-electron chi connectivity index (χ1n) is 4.81. The molecule has 0 aliphatic rings. The lowest BCUT2D eigenvalue weighted by molar-refractivity contribution is -0.136. The maximum atomic E-state index is 11.4. The molecule has 4 nitrogen and oxygen atoms in total. The highest BCUT2D eigenvalue weighted by molar-refractivity contribution is 14.1. The summed E-state index contributed by atoms with van der Waals surface area (Å²) in [5, 5.41) is 10.9. The minimum atomic E-state index is -0.908. The molecular formula is C11H12INO3. The van der Waals surface area contributed by atoms with E-state index < -0.39 is 5.97 Å². The summed E-state index contributed by atoms with van der Waals surface area (Å²) < 4.78 is 1.12. The Morgan fingerprint density at radius 1 is 1.25 bits per heavy atom. The van der Waals surface area contributed by atoms with Gasteiger partial charge in [0, 0.05) is 10.1 Å². The lowest BCUT2D eigenvalue weighted by Gasteiger charge is -2.03. The van der Waals surface area contributed by atoms with Gasteiger partial charge in [-0.1, -0.05) is 12.1 Å². The Balaban J connectivity index is 2.34. The molecule has 0 unspecified atom stereocenters. The Morgan fingerprint density at radius 2 is 1.88 bits per heavy atom. The van der Waals surface area contributed by atoms with E-state index in [2.05, 4.69) is 27.9 Å². The molecule has 0 fully saturated rings. The van der Waals surface area contributed by atoms with Crippen molar-refractivity contribution >= 4 is 34.5 Å². The van der Waals surface area contributed by atoms with Crippen LogP contribution in [0.15, 0.2) is 24.3 Å². The number of aliphatic carboxylic acids is 1. The van der Waals surface area contributed by atoms with E-state index in [0.717, 1.165) is 9.13 Å². The van der Waals surface area contributed by atoms with Crippen LogP contribution in [-0.4, -0.2) is 23.5 Å². The first-order valence-corrected chi connectivity index (χ1v) is 5.89. The molecule has 16 heavy (non-hydrogen) atoms. The number of carboxylic acid groups (broad SMARTS) is 1. The van der Waals surface area contributed by atoms with E-state index in [1.54, 1.807) is 0 Å². The van der Waals surface area contributed by atoms with Gasteiger partial charge < -0.3 is 10.4 Å². The number of hydrogen-bond donors (Lipinski definition) is 2. The van der Waals surface area contributed by atoms with Crippen LogP contribution in [0.2, 0.25) is 0 Å². The van der Waals surface area contributed by atoms with Gasteiger partial charge in [0.2, 0.25) is 5.91 Å². The van der Waals surface area contributed by atoms with Crippen LogP contribution in [-0.2, 0) is 16.0 Å². The minimum Gasteiger partial charge on any atom is -0.481 e. The van der Waals surface area contributed by atoms with Crippen LogP contribution in [0.3, 0.4) is 0 Å². The quantitative estimate of drug-likeness (QED) is 0.801. The van der Waals surface area contributed by atoms with Gasteiger partial charge in [0.25, 0.3) is 0 Å². The zero-order chi connectivity index (χ0) is 12.0. The fraction of sp³-hybridized carbons (Fsp3) is 0.273. The van der Waals surface area contributed by atoms with Crippen LogP contribution in [0.4, 0.5) is 0 Å². The average molecular weight is 333 g/mol. The average Bonchev–Trinajstić information content (AvgIpc) is 2.21. The number of rotatable bonds is 5. The van der Waals surface area contributed by atoms with E-state index in [1.165, 1.54) is 0 Å². The van der Waals surface area contributed by atoms with Crippen LogP contribution >= 0.6 is 22.6 Å². The lowest BCUT2D eigenvalue weighted by Crippen LogP contribution is -2.27. The number of carboxylic acids is 1. The van der Waals surface area contributed by atoms with Gasteiger partial charge in [-0.2, -0.15) is 0 Å². The van der Waals surface area contributed by atoms with Crippen molar-refractivity contribution < 1.29 is 14.7 Å². The Morgan fingerprint density at radius 3 is 2.44 bits per heavy atom. The molecule has 0 aliphatic heterocycles. The van der Waals surface area contributed by atoms with Crippen molar-refractivity contribution in [3.05, 3.63) is 33.4 Å². The summed E-state index contributed by atoms with van der Waals surface area (Å²) in [6.45, 7) is 0.179. The van der Waals surface area contributed by atoms with Crippen molar-refractivity contribution in [3.63, 3.8) is 0 Å². The third kappa shape index (κ3) is 5.11. The number of amides is 1. The first kappa shape index (κ1) is 13.0. The summed E-state index contributed by atoms with van der Waals surface area (Å²) in [7, 11) is 0. The fourth-order valence-electron chi connectivity index (χ4n) is 1.16. The standard InChI is InChI=1S/C11H12INO3/c12-9-3-1-8(2-4-9)7-10(14)13-6-5-11(15)16/h1-4H,5-7H2,(H,13,14)(H,15,16). The SMILES string of the molecule is O=C(O)CCNC(=O)Cc1ccc(I)cc1. The molecule has 1 amide bonds. The van der Waals surface area contributed by atoms with E-state index >= 15 is 0 Å². The summed E-state index contributed by atoms with van der Waals surface area (Å²) in [6.07, 6.45) is 0.245. The second-order valence-electron chi connectivity index (χ2n) is 3.30. The Labute approximate surface area is 107 Å². The van der Waals surface area contributed by atoms with Gasteiger partial charge >= 0.3 is 5.97 Å². The minimum absolute atomic E-state index is 0.0432. The molecule has 1 rings (SSSR count). The largest absolute Gasteiger partial charge is 0.481 e. The summed E-state index contributed by atoms with van der Waals surface area (Å²) >= 11 is 2.19. The summed E-state index contributed by atoms with van der Waals surface area (Å²) in [5.41, 5.74) is 0.924. The highest BCUT2D eigenvalue weighted by Gasteiger charge is 2.03. The third-order valence-corrected chi connectivity index (χ3v) is 2.66. The molecule has 1 aromatic carbocycles. The highest BCUT2D eigenvalue weighted by Crippen LogP contribution is 2.07. The van der Waals surface area contributed by atoms with Crippen LogP contribution < -0.4 is 5.32 Å². The first-order chi connectivity index (χ1) is 7.58. The van der Waals surface area contributed by atoms with Crippen molar-refractivity contribution in [1.29, 1.82) is 0 Å². The number of carbonyl (C=O) groups excluding carboxylic acids is 1. The van der Waals surface area contributed by atoms with E-state index in [0.29, 0.717) is 0 Å². The van der Waals surface area contributed by atoms with E-state index in [1.807, 2.05) is 24.3 Å². The molecule has 0 aliphatic carbocycles. The van der Waals surface area contributed by atoms with Crippen molar-refractivity contribution in [2.45, 2.75) is 12.8 Å². The third-order valence-electron chi connectivity index (χ3n) is 1.94. The molecule has 5 heteroatoms. The smallest absolute Gasteiger partial charge is 0.305 e.